The average molecular weight is 365 g/mol. The molecule has 3 heterocycles. The van der Waals surface area contributed by atoms with Crippen LogP contribution in [0, 0.1) is 0 Å². The van der Waals surface area contributed by atoms with Gasteiger partial charge in [0, 0.05) is 31.5 Å². The Kier molecular flexibility index (Phi) is 5.68. The topological polar surface area (TPSA) is 54.5 Å². The van der Waals surface area contributed by atoms with Crippen molar-refractivity contribution in [2.75, 3.05) is 26.2 Å². The first-order valence-electron chi connectivity index (χ1n) is 9.94. The Morgan fingerprint density at radius 1 is 1.15 bits per heavy atom. The zero-order valence-corrected chi connectivity index (χ0v) is 15.6. The minimum Gasteiger partial charge on any atom is -0.493 e. The van der Waals surface area contributed by atoms with Crippen LogP contribution in [-0.4, -0.2) is 48.1 Å². The third kappa shape index (κ3) is 4.48. The predicted molar refractivity (Wildman–Crippen MR) is 105 cm³/mol. The first-order valence-corrected chi connectivity index (χ1v) is 9.94. The number of benzene rings is 1. The molecule has 2 aliphatic rings. The van der Waals surface area contributed by atoms with Gasteiger partial charge in [0.15, 0.2) is 0 Å². The third-order valence-electron chi connectivity index (χ3n) is 5.72. The Morgan fingerprint density at radius 2 is 2.00 bits per heavy atom. The van der Waals surface area contributed by atoms with Crippen LogP contribution in [-0.2, 0) is 0 Å². The highest BCUT2D eigenvalue weighted by Crippen LogP contribution is 2.35. The molecule has 1 saturated heterocycles. The average Bonchev–Trinajstić information content (AvgIpc) is 2.74. The SMILES string of the molecule is O=C(NC1CCN(CCC2CCOc3ccccc32)CC1)c1cccnc1. The molecule has 1 aromatic carbocycles. The van der Waals surface area contributed by atoms with E-state index in [2.05, 4.69) is 33.4 Å². The Labute approximate surface area is 160 Å². The van der Waals surface area contributed by atoms with Crippen molar-refractivity contribution in [3.63, 3.8) is 0 Å². The molecule has 0 bridgehead atoms. The van der Waals surface area contributed by atoms with Crippen molar-refractivity contribution in [1.29, 1.82) is 0 Å². The highest BCUT2D eigenvalue weighted by molar-refractivity contribution is 5.94. The van der Waals surface area contributed by atoms with E-state index in [4.69, 9.17) is 4.74 Å². The molecular weight excluding hydrogens is 338 g/mol. The molecular formula is C22H27N3O2. The predicted octanol–water partition coefficient (Wildman–Crippen LogP) is 3.23. The van der Waals surface area contributed by atoms with Gasteiger partial charge in [-0.25, -0.2) is 0 Å². The molecule has 1 fully saturated rings. The normalized spacial score (nSPS) is 20.5. The molecule has 0 spiro atoms. The second-order valence-electron chi connectivity index (χ2n) is 7.49. The maximum atomic E-state index is 12.3. The molecule has 5 nitrogen and oxygen atoms in total. The minimum absolute atomic E-state index is 0.0136. The molecule has 4 rings (SSSR count). The van der Waals surface area contributed by atoms with Crippen molar-refractivity contribution < 1.29 is 9.53 Å². The van der Waals surface area contributed by atoms with E-state index in [1.165, 1.54) is 12.0 Å². The fourth-order valence-corrected chi connectivity index (χ4v) is 4.12. The standard InChI is InChI=1S/C22H27N3O2/c26-22(18-4-3-11-23-16-18)24-19-8-13-25(14-9-19)12-7-17-10-15-27-21-6-2-1-5-20(17)21/h1-6,11,16-17,19H,7-10,12-15H2,(H,24,26). The van der Waals surface area contributed by atoms with Crippen molar-refractivity contribution in [2.24, 2.45) is 0 Å². The van der Waals surface area contributed by atoms with Gasteiger partial charge >= 0.3 is 0 Å². The smallest absolute Gasteiger partial charge is 0.253 e. The van der Waals surface area contributed by atoms with E-state index in [0.717, 1.165) is 51.3 Å². The molecule has 2 aromatic rings. The summed E-state index contributed by atoms with van der Waals surface area (Å²) in [5, 5.41) is 3.15. The van der Waals surface area contributed by atoms with Crippen LogP contribution < -0.4 is 10.1 Å². The molecule has 2 aliphatic heterocycles. The van der Waals surface area contributed by atoms with E-state index in [9.17, 15) is 4.79 Å². The quantitative estimate of drug-likeness (QED) is 0.884. The van der Waals surface area contributed by atoms with Crippen LogP contribution >= 0.6 is 0 Å². The first kappa shape index (κ1) is 18.0. The van der Waals surface area contributed by atoms with Gasteiger partial charge in [-0.2, -0.15) is 0 Å². The van der Waals surface area contributed by atoms with E-state index < -0.39 is 0 Å². The number of pyridine rings is 1. The minimum atomic E-state index is -0.0136. The largest absolute Gasteiger partial charge is 0.493 e. The summed E-state index contributed by atoms with van der Waals surface area (Å²) >= 11 is 0. The number of nitrogens with zero attached hydrogens (tertiary/aromatic N) is 2. The summed E-state index contributed by atoms with van der Waals surface area (Å²) in [6.45, 7) is 4.03. The number of carbonyl (C=O) groups is 1. The van der Waals surface area contributed by atoms with Gasteiger partial charge in [-0.1, -0.05) is 18.2 Å². The van der Waals surface area contributed by atoms with Gasteiger partial charge in [0.05, 0.1) is 12.2 Å². The number of rotatable bonds is 5. The summed E-state index contributed by atoms with van der Waals surface area (Å²) in [6.07, 6.45) is 7.61. The summed E-state index contributed by atoms with van der Waals surface area (Å²) in [4.78, 5) is 18.8. The molecule has 0 saturated carbocycles. The summed E-state index contributed by atoms with van der Waals surface area (Å²) in [5.74, 6) is 1.64. The Morgan fingerprint density at radius 3 is 2.81 bits per heavy atom. The lowest BCUT2D eigenvalue weighted by atomic mass is 9.90. The number of carbonyl (C=O) groups excluding carboxylic acids is 1. The zero-order chi connectivity index (χ0) is 18.5. The number of piperidine rings is 1. The molecule has 0 radical (unpaired) electrons. The van der Waals surface area contributed by atoms with Crippen molar-refractivity contribution in [3.05, 3.63) is 59.9 Å². The molecule has 5 heteroatoms. The number of nitrogens with one attached hydrogen (secondary N) is 1. The van der Waals surface area contributed by atoms with Gasteiger partial charge in [-0.15, -0.1) is 0 Å². The van der Waals surface area contributed by atoms with Crippen LogP contribution in [0.15, 0.2) is 48.8 Å². The maximum absolute atomic E-state index is 12.3. The number of amides is 1. The number of para-hydroxylation sites is 1. The van der Waals surface area contributed by atoms with Crippen molar-refractivity contribution >= 4 is 5.91 Å². The van der Waals surface area contributed by atoms with Crippen LogP contribution in [0.5, 0.6) is 5.75 Å². The van der Waals surface area contributed by atoms with Crippen molar-refractivity contribution in [3.8, 4) is 5.75 Å². The molecule has 1 aromatic heterocycles. The number of hydrogen-bond acceptors (Lipinski definition) is 4. The number of fused-ring (bicyclic) bond motifs is 1. The number of aromatic nitrogens is 1. The van der Waals surface area contributed by atoms with Gasteiger partial charge in [0.25, 0.3) is 5.91 Å². The van der Waals surface area contributed by atoms with E-state index in [1.807, 2.05) is 12.1 Å². The zero-order valence-electron chi connectivity index (χ0n) is 15.6. The third-order valence-corrected chi connectivity index (χ3v) is 5.72. The molecule has 142 valence electrons. The van der Waals surface area contributed by atoms with E-state index >= 15 is 0 Å². The second kappa shape index (κ2) is 8.53. The van der Waals surface area contributed by atoms with Crippen LogP contribution in [0.1, 0.15) is 47.5 Å². The Balaban J connectivity index is 1.23. The highest BCUT2D eigenvalue weighted by Gasteiger charge is 2.24. The van der Waals surface area contributed by atoms with E-state index in [-0.39, 0.29) is 11.9 Å². The number of likely N-dealkylation sites (tertiary alicyclic amines) is 1. The summed E-state index contributed by atoms with van der Waals surface area (Å²) < 4.78 is 5.77. The summed E-state index contributed by atoms with van der Waals surface area (Å²) in [5.41, 5.74) is 2.00. The van der Waals surface area contributed by atoms with E-state index in [0.29, 0.717) is 11.5 Å². The van der Waals surface area contributed by atoms with Crippen LogP contribution in [0.4, 0.5) is 0 Å². The van der Waals surface area contributed by atoms with Crippen LogP contribution in [0.25, 0.3) is 0 Å². The first-order chi connectivity index (χ1) is 13.3. The lowest BCUT2D eigenvalue weighted by Gasteiger charge is -2.34. The highest BCUT2D eigenvalue weighted by atomic mass is 16.5. The summed E-state index contributed by atoms with van der Waals surface area (Å²) in [7, 11) is 0. The maximum Gasteiger partial charge on any atom is 0.253 e. The molecule has 1 unspecified atom stereocenters. The lowest BCUT2D eigenvalue weighted by molar-refractivity contribution is 0.0909. The van der Waals surface area contributed by atoms with Crippen LogP contribution in [0.2, 0.25) is 0 Å². The number of ether oxygens (including phenoxy) is 1. The van der Waals surface area contributed by atoms with Gasteiger partial charge in [-0.3, -0.25) is 9.78 Å². The molecule has 1 N–H and O–H groups in total. The lowest BCUT2D eigenvalue weighted by Crippen LogP contribution is -2.45. The second-order valence-corrected chi connectivity index (χ2v) is 7.49. The van der Waals surface area contributed by atoms with Crippen molar-refractivity contribution in [2.45, 2.75) is 37.6 Å². The van der Waals surface area contributed by atoms with Gasteiger partial charge in [0.1, 0.15) is 5.75 Å². The molecule has 0 aliphatic carbocycles. The fraction of sp³-hybridized carbons (Fsp3) is 0.455. The van der Waals surface area contributed by atoms with Gasteiger partial charge < -0.3 is 15.0 Å². The van der Waals surface area contributed by atoms with Crippen molar-refractivity contribution in [1.82, 2.24) is 15.2 Å². The molecule has 1 amide bonds. The number of hydrogen-bond donors (Lipinski definition) is 1. The Hall–Kier alpha value is -2.40. The van der Waals surface area contributed by atoms with E-state index in [1.54, 1.807) is 18.5 Å². The fourth-order valence-electron chi connectivity index (χ4n) is 4.12. The van der Waals surface area contributed by atoms with Crippen LogP contribution in [0.3, 0.4) is 0 Å². The van der Waals surface area contributed by atoms with Gasteiger partial charge in [0.2, 0.25) is 0 Å². The Bertz CT molecular complexity index is 757. The summed E-state index contributed by atoms with van der Waals surface area (Å²) in [6, 6.07) is 12.3. The molecule has 27 heavy (non-hydrogen) atoms. The van der Waals surface area contributed by atoms with Gasteiger partial charge in [-0.05, 0) is 61.9 Å². The molecule has 1 atom stereocenters. The monoisotopic (exact) mass is 365 g/mol.